The summed E-state index contributed by atoms with van der Waals surface area (Å²) in [4.78, 5) is 0. The van der Waals surface area contributed by atoms with Crippen LogP contribution in [-0.2, 0) is 5.92 Å². The Bertz CT molecular complexity index is 888. The number of hydrogen-bond donors (Lipinski definition) is 1. The van der Waals surface area contributed by atoms with Crippen molar-refractivity contribution in [3.63, 3.8) is 0 Å². The summed E-state index contributed by atoms with van der Waals surface area (Å²) in [5, 5.41) is -0.994. The summed E-state index contributed by atoms with van der Waals surface area (Å²) in [6.07, 6.45) is -7.80. The molecular weight excluding hydrogens is 541 g/mol. The van der Waals surface area contributed by atoms with Crippen LogP contribution in [0.5, 0.6) is 0 Å². The van der Waals surface area contributed by atoms with E-state index in [0.29, 0.717) is 6.07 Å². The average Bonchev–Trinajstić information content (AvgIpc) is 2.61. The van der Waals surface area contributed by atoms with Crippen LogP contribution in [0.25, 0.3) is 0 Å². The topological polar surface area (TPSA) is 26.0 Å². The molecule has 0 saturated carbocycles. The van der Waals surface area contributed by atoms with Crippen LogP contribution in [0.15, 0.2) is 18.2 Å². The van der Waals surface area contributed by atoms with Gasteiger partial charge in [0.25, 0.3) is 0 Å². The Morgan fingerprint density at radius 1 is 0.515 bits per heavy atom. The van der Waals surface area contributed by atoms with Crippen LogP contribution >= 0.6 is 11.6 Å². The SMILES string of the molecule is Nc1ccc(Cl)cc1C(F)(F)C(F)(F)C(F)(F)C(F)(F)C(F)(F)C(F)(F)C(F)(F)C(F)(F)F. The van der Waals surface area contributed by atoms with E-state index in [9.17, 15) is 74.6 Å². The Morgan fingerprint density at radius 2 is 0.848 bits per heavy atom. The molecule has 0 aliphatic rings. The molecule has 0 aromatic heterocycles. The van der Waals surface area contributed by atoms with Crippen LogP contribution < -0.4 is 5.73 Å². The second kappa shape index (κ2) is 7.56. The first-order valence-corrected chi connectivity index (χ1v) is 7.81. The van der Waals surface area contributed by atoms with Crippen molar-refractivity contribution in [2.45, 2.75) is 47.6 Å². The fraction of sp³-hybridized carbons (Fsp3) is 0.571. The summed E-state index contributed by atoms with van der Waals surface area (Å²) in [7, 11) is 0. The molecule has 1 nitrogen and oxygen atoms in total. The predicted octanol–water partition coefficient (Wildman–Crippen LogP) is 7.39. The molecule has 0 aliphatic carbocycles. The highest BCUT2D eigenvalue weighted by molar-refractivity contribution is 6.30. The lowest BCUT2D eigenvalue weighted by molar-refractivity contribution is -0.462. The van der Waals surface area contributed by atoms with Gasteiger partial charge in [0.1, 0.15) is 0 Å². The highest BCUT2D eigenvalue weighted by Gasteiger charge is 2.95. The second-order valence-corrected chi connectivity index (χ2v) is 6.69. The highest BCUT2D eigenvalue weighted by Crippen LogP contribution is 2.65. The van der Waals surface area contributed by atoms with Crippen molar-refractivity contribution >= 4 is 17.3 Å². The third-order valence-electron chi connectivity index (χ3n) is 4.08. The first-order valence-electron chi connectivity index (χ1n) is 7.43. The number of rotatable bonds is 7. The fourth-order valence-electron chi connectivity index (χ4n) is 2.13. The normalized spacial score (nSPS) is 15.7. The van der Waals surface area contributed by atoms with Gasteiger partial charge in [-0.15, -0.1) is 0 Å². The minimum absolute atomic E-state index is 0.213. The van der Waals surface area contributed by atoms with E-state index in [4.69, 9.17) is 17.3 Å². The molecule has 1 aromatic rings. The van der Waals surface area contributed by atoms with Gasteiger partial charge >= 0.3 is 47.6 Å². The maximum Gasteiger partial charge on any atom is 0.460 e. The zero-order chi connectivity index (χ0) is 26.9. The Kier molecular flexibility index (Phi) is 6.68. The quantitative estimate of drug-likeness (QED) is 0.281. The van der Waals surface area contributed by atoms with Crippen molar-refractivity contribution in [3.8, 4) is 0 Å². The van der Waals surface area contributed by atoms with Crippen molar-refractivity contribution in [3.05, 3.63) is 28.8 Å². The molecule has 0 spiro atoms. The summed E-state index contributed by atoms with van der Waals surface area (Å²) in [5.74, 6) is -57.1. The molecule has 33 heavy (non-hydrogen) atoms. The molecule has 0 radical (unpaired) electrons. The number of anilines is 1. The van der Waals surface area contributed by atoms with E-state index in [-0.39, 0.29) is 12.1 Å². The Hall–Kier alpha value is -1.88. The van der Waals surface area contributed by atoms with Crippen LogP contribution in [-0.4, -0.2) is 41.7 Å². The lowest BCUT2D eigenvalue weighted by Crippen LogP contribution is -2.74. The standard InChI is InChI=1S/C14H5ClF17N/c15-4-1-2-6(33)5(3-4)7(16,17)8(18,19)9(20,21)10(22,23)11(24,25)12(26,27)13(28,29)14(30,31)32/h1-3H,33H2. The molecule has 0 unspecified atom stereocenters. The van der Waals surface area contributed by atoms with E-state index >= 15 is 0 Å². The molecule has 19 heteroatoms. The first kappa shape index (κ1) is 29.2. The van der Waals surface area contributed by atoms with E-state index in [0.717, 1.165) is 0 Å². The Morgan fingerprint density at radius 3 is 1.21 bits per heavy atom. The molecule has 192 valence electrons. The Balaban J connectivity index is 3.78. The van der Waals surface area contributed by atoms with Gasteiger partial charge in [0, 0.05) is 10.7 Å². The number of halogens is 18. The van der Waals surface area contributed by atoms with E-state index in [2.05, 4.69) is 0 Å². The minimum atomic E-state index is -8.68. The van der Waals surface area contributed by atoms with E-state index in [1.54, 1.807) is 0 Å². The van der Waals surface area contributed by atoms with Crippen molar-refractivity contribution < 1.29 is 74.6 Å². The molecule has 0 aliphatic heterocycles. The van der Waals surface area contributed by atoms with Gasteiger partial charge < -0.3 is 5.73 Å². The second-order valence-electron chi connectivity index (χ2n) is 6.25. The molecule has 1 aromatic carbocycles. The van der Waals surface area contributed by atoms with Crippen molar-refractivity contribution in [2.75, 3.05) is 5.73 Å². The number of hydrogen-bond acceptors (Lipinski definition) is 1. The lowest BCUT2D eigenvalue weighted by atomic mass is 9.87. The molecular formula is C14H5ClF17N. The van der Waals surface area contributed by atoms with Gasteiger partial charge in [-0.2, -0.15) is 74.6 Å². The predicted molar refractivity (Wildman–Crippen MR) is 75.5 cm³/mol. The van der Waals surface area contributed by atoms with Gasteiger partial charge in [-0.1, -0.05) is 11.6 Å². The number of alkyl halides is 17. The highest BCUT2D eigenvalue weighted by atomic mass is 35.5. The summed E-state index contributed by atoms with van der Waals surface area (Å²) in [5.41, 5.74) is 0.672. The average molecular weight is 546 g/mol. The summed E-state index contributed by atoms with van der Waals surface area (Å²) < 4.78 is 225. The third-order valence-corrected chi connectivity index (χ3v) is 4.31. The fourth-order valence-corrected chi connectivity index (χ4v) is 2.31. The monoisotopic (exact) mass is 545 g/mol. The number of benzene rings is 1. The lowest BCUT2D eigenvalue weighted by Gasteiger charge is -2.43. The molecule has 0 saturated heterocycles. The van der Waals surface area contributed by atoms with Gasteiger partial charge in [0.2, 0.25) is 0 Å². The Labute approximate surface area is 175 Å². The van der Waals surface area contributed by atoms with Gasteiger partial charge in [-0.3, -0.25) is 0 Å². The molecule has 0 heterocycles. The summed E-state index contributed by atoms with van der Waals surface area (Å²) in [6, 6.07) is 0.434. The van der Waals surface area contributed by atoms with E-state index in [1.807, 2.05) is 0 Å². The van der Waals surface area contributed by atoms with Crippen molar-refractivity contribution in [1.29, 1.82) is 0 Å². The zero-order valence-corrected chi connectivity index (χ0v) is 15.4. The molecule has 2 N–H and O–H groups in total. The summed E-state index contributed by atoms with van der Waals surface area (Å²) in [6.45, 7) is 0. The van der Waals surface area contributed by atoms with Crippen molar-refractivity contribution in [2.24, 2.45) is 0 Å². The van der Waals surface area contributed by atoms with Crippen LogP contribution in [0.2, 0.25) is 5.02 Å². The van der Waals surface area contributed by atoms with Gasteiger partial charge in [-0.25, -0.2) is 0 Å². The number of nitrogens with two attached hydrogens (primary N) is 1. The first-order chi connectivity index (χ1) is 14.2. The van der Waals surface area contributed by atoms with Crippen molar-refractivity contribution in [1.82, 2.24) is 0 Å². The van der Waals surface area contributed by atoms with Gasteiger partial charge in [0.05, 0.1) is 5.56 Å². The van der Waals surface area contributed by atoms with E-state index < -0.39 is 63.9 Å². The van der Waals surface area contributed by atoms with Gasteiger partial charge in [-0.05, 0) is 18.2 Å². The molecule has 0 atom stereocenters. The largest absolute Gasteiger partial charge is 0.460 e. The minimum Gasteiger partial charge on any atom is -0.398 e. The van der Waals surface area contributed by atoms with Crippen LogP contribution in [0.3, 0.4) is 0 Å². The maximum atomic E-state index is 14.0. The molecule has 0 bridgehead atoms. The summed E-state index contributed by atoms with van der Waals surface area (Å²) >= 11 is 5.12. The van der Waals surface area contributed by atoms with Crippen LogP contribution in [0.4, 0.5) is 80.3 Å². The molecule has 1 rings (SSSR count). The maximum absolute atomic E-state index is 14.0. The molecule has 0 amide bonds. The van der Waals surface area contributed by atoms with Crippen LogP contribution in [0, 0.1) is 0 Å². The smallest absolute Gasteiger partial charge is 0.398 e. The number of nitrogen functional groups attached to an aromatic ring is 1. The molecule has 0 fully saturated rings. The van der Waals surface area contributed by atoms with E-state index in [1.165, 1.54) is 0 Å². The zero-order valence-electron chi connectivity index (χ0n) is 14.6. The van der Waals surface area contributed by atoms with Crippen LogP contribution in [0.1, 0.15) is 5.56 Å². The third kappa shape index (κ3) is 3.71. The van der Waals surface area contributed by atoms with Gasteiger partial charge in [0.15, 0.2) is 0 Å².